The zero-order valence-corrected chi connectivity index (χ0v) is 7.92. The number of hydrogen-bond donors (Lipinski definition) is 2. The van der Waals surface area contributed by atoms with E-state index in [1.165, 1.54) is 0 Å². The van der Waals surface area contributed by atoms with Gasteiger partial charge in [0.1, 0.15) is 0 Å². The van der Waals surface area contributed by atoms with E-state index in [-0.39, 0.29) is 13.2 Å². The lowest BCUT2D eigenvalue weighted by Gasteiger charge is -2.27. The minimum Gasteiger partial charge on any atom is -0.396 e. The maximum absolute atomic E-state index is 9.02. The second-order valence-electron chi connectivity index (χ2n) is 3.06. The number of hydrogen-bond acceptors (Lipinski definition) is 3. The molecule has 0 aliphatic carbocycles. The van der Waals surface area contributed by atoms with Crippen molar-refractivity contribution in [1.29, 1.82) is 0 Å². The highest BCUT2D eigenvalue weighted by Gasteiger charge is 2.26. The molecule has 0 aromatic rings. The normalized spacial score (nSPS) is 12.0. The molecule has 0 saturated heterocycles. The van der Waals surface area contributed by atoms with E-state index in [4.69, 9.17) is 14.9 Å². The van der Waals surface area contributed by atoms with Crippen LogP contribution in [-0.2, 0) is 4.74 Å². The molecule has 0 spiro atoms. The van der Waals surface area contributed by atoms with Crippen molar-refractivity contribution < 1.29 is 14.9 Å². The van der Waals surface area contributed by atoms with Gasteiger partial charge in [-0.25, -0.2) is 0 Å². The molecular weight excluding hydrogens is 156 g/mol. The monoisotopic (exact) mass is 175 g/mol. The van der Waals surface area contributed by atoms with Crippen molar-refractivity contribution >= 4 is 0 Å². The first-order chi connectivity index (χ1) is 5.74. The summed E-state index contributed by atoms with van der Waals surface area (Å²) < 4.78 is 5.18. The number of rotatable bonds is 7. The zero-order chi connectivity index (χ0) is 9.45. The van der Waals surface area contributed by atoms with Crippen molar-refractivity contribution in [3.05, 3.63) is 6.61 Å². The number of aliphatic hydroxyl groups excluding tert-OH is 2. The Labute approximate surface area is 74.4 Å². The quantitative estimate of drug-likeness (QED) is 0.566. The molecular formula is C9H19O3. The Morgan fingerprint density at radius 3 is 2.17 bits per heavy atom. The van der Waals surface area contributed by atoms with Crippen LogP contribution in [-0.4, -0.2) is 30.0 Å². The summed E-state index contributed by atoms with van der Waals surface area (Å²) in [5, 5.41) is 18.0. The number of ether oxygens (including phenoxy) is 1. The molecule has 73 valence electrons. The summed E-state index contributed by atoms with van der Waals surface area (Å²) in [6, 6.07) is 0. The molecule has 0 saturated carbocycles. The highest BCUT2D eigenvalue weighted by Crippen LogP contribution is 2.21. The van der Waals surface area contributed by atoms with Gasteiger partial charge in [0.15, 0.2) is 0 Å². The lowest BCUT2D eigenvalue weighted by atomic mass is 9.88. The van der Waals surface area contributed by atoms with Gasteiger partial charge in [0, 0.05) is 5.41 Å². The molecule has 3 nitrogen and oxygen atoms in total. The van der Waals surface area contributed by atoms with E-state index in [9.17, 15) is 0 Å². The second kappa shape index (κ2) is 6.40. The SMILES string of the molecule is CC[CH]OCC(CC)(CO)CO. The van der Waals surface area contributed by atoms with Crippen molar-refractivity contribution in [3.8, 4) is 0 Å². The van der Waals surface area contributed by atoms with Gasteiger partial charge in [0.05, 0.1) is 26.4 Å². The fraction of sp³-hybridized carbons (Fsp3) is 0.889. The summed E-state index contributed by atoms with van der Waals surface area (Å²) in [5.74, 6) is 0. The minimum atomic E-state index is -0.467. The van der Waals surface area contributed by atoms with Crippen LogP contribution in [0.1, 0.15) is 26.7 Å². The van der Waals surface area contributed by atoms with Crippen LogP contribution in [0.4, 0.5) is 0 Å². The lowest BCUT2D eigenvalue weighted by molar-refractivity contribution is -0.0134. The molecule has 0 aliphatic rings. The van der Waals surface area contributed by atoms with Gasteiger partial charge in [0.2, 0.25) is 0 Å². The van der Waals surface area contributed by atoms with Gasteiger partial charge in [-0.2, -0.15) is 0 Å². The Hall–Kier alpha value is -0.120. The molecule has 3 heteroatoms. The number of aliphatic hydroxyl groups is 2. The van der Waals surface area contributed by atoms with Crippen LogP contribution < -0.4 is 0 Å². The van der Waals surface area contributed by atoms with Crippen LogP contribution in [0.3, 0.4) is 0 Å². The lowest BCUT2D eigenvalue weighted by Crippen LogP contribution is -2.34. The maximum Gasteiger partial charge on any atom is 0.0834 e. The smallest absolute Gasteiger partial charge is 0.0834 e. The average molecular weight is 175 g/mol. The van der Waals surface area contributed by atoms with Crippen LogP contribution in [0.2, 0.25) is 0 Å². The third-order valence-corrected chi connectivity index (χ3v) is 2.09. The molecule has 1 radical (unpaired) electrons. The van der Waals surface area contributed by atoms with E-state index < -0.39 is 5.41 Å². The van der Waals surface area contributed by atoms with Crippen molar-refractivity contribution in [2.45, 2.75) is 26.7 Å². The Bertz CT molecular complexity index is 91.7. The van der Waals surface area contributed by atoms with Crippen LogP contribution in [0, 0.1) is 12.0 Å². The van der Waals surface area contributed by atoms with Gasteiger partial charge in [-0.15, -0.1) is 0 Å². The van der Waals surface area contributed by atoms with Crippen LogP contribution in [0.5, 0.6) is 0 Å². The molecule has 0 bridgehead atoms. The van der Waals surface area contributed by atoms with Crippen LogP contribution in [0.15, 0.2) is 0 Å². The first-order valence-electron chi connectivity index (χ1n) is 4.39. The predicted molar refractivity (Wildman–Crippen MR) is 47.4 cm³/mol. The van der Waals surface area contributed by atoms with Gasteiger partial charge in [-0.3, -0.25) is 0 Å². The second-order valence-corrected chi connectivity index (χ2v) is 3.06. The van der Waals surface area contributed by atoms with E-state index in [1.54, 1.807) is 6.61 Å². The Kier molecular flexibility index (Phi) is 6.34. The predicted octanol–water partition coefficient (Wildman–Crippen LogP) is 0.956. The Balaban J connectivity index is 3.76. The third-order valence-electron chi connectivity index (χ3n) is 2.09. The average Bonchev–Trinajstić information content (AvgIpc) is 2.14. The van der Waals surface area contributed by atoms with E-state index in [2.05, 4.69) is 0 Å². The molecule has 0 amide bonds. The largest absolute Gasteiger partial charge is 0.396 e. The highest BCUT2D eigenvalue weighted by molar-refractivity contribution is 4.76. The summed E-state index contributed by atoms with van der Waals surface area (Å²) in [6.07, 6.45) is 1.56. The molecule has 0 aromatic carbocycles. The molecule has 0 unspecified atom stereocenters. The van der Waals surface area contributed by atoms with Gasteiger partial charge in [0.25, 0.3) is 0 Å². The van der Waals surface area contributed by atoms with Crippen LogP contribution in [0.25, 0.3) is 0 Å². The Morgan fingerprint density at radius 1 is 1.25 bits per heavy atom. The van der Waals surface area contributed by atoms with Gasteiger partial charge >= 0.3 is 0 Å². The molecule has 0 fully saturated rings. The van der Waals surface area contributed by atoms with Crippen molar-refractivity contribution in [3.63, 3.8) is 0 Å². The molecule has 0 aromatic heterocycles. The minimum absolute atomic E-state index is 0.0302. The Morgan fingerprint density at radius 2 is 1.83 bits per heavy atom. The van der Waals surface area contributed by atoms with Crippen molar-refractivity contribution in [2.75, 3.05) is 19.8 Å². The summed E-state index contributed by atoms with van der Waals surface area (Å²) in [6.45, 7) is 5.93. The van der Waals surface area contributed by atoms with Crippen molar-refractivity contribution in [2.24, 2.45) is 5.41 Å². The van der Waals surface area contributed by atoms with Gasteiger partial charge in [-0.1, -0.05) is 13.8 Å². The molecule has 0 heterocycles. The molecule has 0 rings (SSSR count). The molecule has 2 N–H and O–H groups in total. The third kappa shape index (κ3) is 3.52. The highest BCUT2D eigenvalue weighted by atomic mass is 16.5. The van der Waals surface area contributed by atoms with E-state index in [1.807, 2.05) is 13.8 Å². The standard InChI is InChI=1S/C9H19O3/c1-3-5-12-8-9(4-2,6-10)7-11/h5,10-11H,3-4,6-8H2,1-2H3. The summed E-state index contributed by atoms with van der Waals surface area (Å²) >= 11 is 0. The van der Waals surface area contributed by atoms with E-state index >= 15 is 0 Å². The summed E-state index contributed by atoms with van der Waals surface area (Å²) in [7, 11) is 0. The van der Waals surface area contributed by atoms with E-state index in [0.29, 0.717) is 6.61 Å². The van der Waals surface area contributed by atoms with Gasteiger partial charge < -0.3 is 14.9 Å². The first-order valence-corrected chi connectivity index (χ1v) is 4.39. The topological polar surface area (TPSA) is 49.7 Å². The molecule has 0 aliphatic heterocycles. The maximum atomic E-state index is 9.02. The summed E-state index contributed by atoms with van der Waals surface area (Å²) in [5.41, 5.74) is -0.467. The summed E-state index contributed by atoms with van der Waals surface area (Å²) in [4.78, 5) is 0. The van der Waals surface area contributed by atoms with Gasteiger partial charge in [-0.05, 0) is 12.8 Å². The fourth-order valence-electron chi connectivity index (χ4n) is 0.821. The van der Waals surface area contributed by atoms with Crippen LogP contribution >= 0.6 is 0 Å². The fourth-order valence-corrected chi connectivity index (χ4v) is 0.821. The molecule has 0 atom stereocenters. The first kappa shape index (κ1) is 11.9. The zero-order valence-electron chi connectivity index (χ0n) is 7.92. The van der Waals surface area contributed by atoms with Crippen molar-refractivity contribution in [1.82, 2.24) is 0 Å². The van der Waals surface area contributed by atoms with E-state index in [0.717, 1.165) is 12.8 Å². The molecule has 12 heavy (non-hydrogen) atoms.